The third kappa shape index (κ3) is 3.23. The van der Waals surface area contributed by atoms with Gasteiger partial charge in [-0.15, -0.1) is 0 Å². The number of hydrogen-bond donors (Lipinski definition) is 0. The summed E-state index contributed by atoms with van der Waals surface area (Å²) in [6, 6.07) is 5.93. The lowest BCUT2D eigenvalue weighted by atomic mass is 10.4. The molecule has 0 unspecified atom stereocenters. The van der Waals surface area contributed by atoms with E-state index >= 15 is 0 Å². The molecule has 0 saturated heterocycles. The molecular weight excluding hydrogens is 304 g/mol. The zero-order valence-electron chi connectivity index (χ0n) is 8.40. The molecule has 1 rings (SSSR count). The Labute approximate surface area is 101 Å². The van der Waals surface area contributed by atoms with Crippen molar-refractivity contribution < 1.29 is 17.2 Å². The Bertz CT molecular complexity index is 464. The van der Waals surface area contributed by atoms with Crippen LogP contribution in [0.25, 0.3) is 0 Å². The quantitative estimate of drug-likeness (QED) is 0.855. The molecule has 90 valence electrons. The van der Waals surface area contributed by atoms with E-state index in [2.05, 4.69) is 15.9 Å². The fourth-order valence-electron chi connectivity index (χ4n) is 1.10. The lowest BCUT2D eigenvalue weighted by Crippen LogP contribution is -2.31. The molecule has 0 heterocycles. The molecule has 0 N–H and O–H groups in total. The second kappa shape index (κ2) is 5.20. The number of rotatable bonds is 4. The summed E-state index contributed by atoms with van der Waals surface area (Å²) in [4.78, 5) is -0.00924. The third-order valence-electron chi connectivity index (χ3n) is 1.90. The van der Waals surface area contributed by atoms with Crippen molar-refractivity contribution in [3.8, 4) is 0 Å². The molecule has 0 atom stereocenters. The molecule has 7 heteroatoms. The Morgan fingerprint density at radius 2 is 2.06 bits per heavy atom. The minimum absolute atomic E-state index is 0.00924. The summed E-state index contributed by atoms with van der Waals surface area (Å²) in [5.41, 5.74) is 0. The molecular formula is C9H10BrF2NO2S. The van der Waals surface area contributed by atoms with Gasteiger partial charge in [0.2, 0.25) is 10.0 Å². The maximum Gasteiger partial charge on any atom is 0.252 e. The summed E-state index contributed by atoms with van der Waals surface area (Å²) < 4.78 is 49.0. The Balaban J connectivity index is 3.02. The van der Waals surface area contributed by atoms with Gasteiger partial charge < -0.3 is 0 Å². The lowest BCUT2D eigenvalue weighted by Gasteiger charge is -2.16. The summed E-state index contributed by atoms with van der Waals surface area (Å²) in [5, 5.41) is 0. The molecule has 0 aliphatic rings. The minimum atomic E-state index is -3.83. The van der Waals surface area contributed by atoms with Gasteiger partial charge in [0, 0.05) is 11.5 Å². The van der Waals surface area contributed by atoms with E-state index in [-0.39, 0.29) is 4.90 Å². The average molecular weight is 314 g/mol. The van der Waals surface area contributed by atoms with E-state index in [9.17, 15) is 17.2 Å². The van der Waals surface area contributed by atoms with Crippen LogP contribution in [0.5, 0.6) is 0 Å². The molecule has 1 aromatic rings. The van der Waals surface area contributed by atoms with E-state index in [1.807, 2.05) is 0 Å². The number of benzene rings is 1. The second-order valence-corrected chi connectivity index (χ2v) is 6.09. The topological polar surface area (TPSA) is 37.4 Å². The van der Waals surface area contributed by atoms with Crippen LogP contribution in [-0.2, 0) is 10.0 Å². The fraction of sp³-hybridized carbons (Fsp3) is 0.333. The summed E-state index contributed by atoms with van der Waals surface area (Å²) in [7, 11) is -2.71. The van der Waals surface area contributed by atoms with E-state index in [4.69, 9.17) is 0 Å². The number of hydrogen-bond acceptors (Lipinski definition) is 2. The Kier molecular flexibility index (Phi) is 4.40. The Hall–Kier alpha value is -0.530. The normalized spacial score (nSPS) is 12.4. The Morgan fingerprint density at radius 1 is 1.44 bits per heavy atom. The van der Waals surface area contributed by atoms with Gasteiger partial charge in [0.1, 0.15) is 0 Å². The second-order valence-electron chi connectivity index (χ2n) is 3.13. The van der Waals surface area contributed by atoms with Gasteiger partial charge in [0.25, 0.3) is 6.43 Å². The molecule has 0 radical (unpaired) electrons. The maximum absolute atomic E-state index is 12.1. The molecule has 0 aliphatic heterocycles. The van der Waals surface area contributed by atoms with Crippen LogP contribution >= 0.6 is 15.9 Å². The SMILES string of the molecule is CN(CC(F)F)S(=O)(=O)c1cccc(Br)c1. The van der Waals surface area contributed by atoms with Gasteiger partial charge in [0.15, 0.2) is 0 Å². The van der Waals surface area contributed by atoms with E-state index < -0.39 is 23.0 Å². The van der Waals surface area contributed by atoms with Crippen molar-refractivity contribution in [2.24, 2.45) is 0 Å². The van der Waals surface area contributed by atoms with Crippen molar-refractivity contribution in [1.82, 2.24) is 4.31 Å². The highest BCUT2D eigenvalue weighted by atomic mass is 79.9. The highest BCUT2D eigenvalue weighted by Crippen LogP contribution is 2.19. The van der Waals surface area contributed by atoms with Crippen LogP contribution in [0.4, 0.5) is 8.78 Å². The fourth-order valence-corrected chi connectivity index (χ4v) is 2.85. The van der Waals surface area contributed by atoms with Crippen LogP contribution < -0.4 is 0 Å². The standard InChI is InChI=1S/C9H10BrF2NO2S/c1-13(6-9(11)12)16(14,15)8-4-2-3-7(10)5-8/h2-5,9H,6H2,1H3. The molecule has 0 saturated carbocycles. The maximum atomic E-state index is 12.1. The smallest absolute Gasteiger partial charge is 0.209 e. The van der Waals surface area contributed by atoms with Crippen LogP contribution in [-0.4, -0.2) is 32.7 Å². The Morgan fingerprint density at radius 3 is 2.56 bits per heavy atom. The first-order valence-electron chi connectivity index (χ1n) is 4.34. The van der Waals surface area contributed by atoms with Crippen molar-refractivity contribution in [3.05, 3.63) is 28.7 Å². The zero-order valence-corrected chi connectivity index (χ0v) is 10.8. The summed E-state index contributed by atoms with van der Waals surface area (Å²) in [5.74, 6) is 0. The van der Waals surface area contributed by atoms with Gasteiger partial charge >= 0.3 is 0 Å². The molecule has 1 aromatic carbocycles. The van der Waals surface area contributed by atoms with E-state index in [0.717, 1.165) is 7.05 Å². The monoisotopic (exact) mass is 313 g/mol. The van der Waals surface area contributed by atoms with Gasteiger partial charge in [-0.25, -0.2) is 17.2 Å². The first-order chi connectivity index (χ1) is 7.34. The number of sulfonamides is 1. The molecule has 0 aromatic heterocycles. The highest BCUT2D eigenvalue weighted by molar-refractivity contribution is 9.10. The van der Waals surface area contributed by atoms with Crippen LogP contribution in [0.3, 0.4) is 0 Å². The van der Waals surface area contributed by atoms with Crippen LogP contribution in [0.15, 0.2) is 33.6 Å². The van der Waals surface area contributed by atoms with Gasteiger partial charge in [-0.2, -0.15) is 4.31 Å². The van der Waals surface area contributed by atoms with Crippen molar-refractivity contribution in [2.75, 3.05) is 13.6 Å². The van der Waals surface area contributed by atoms with Crippen molar-refractivity contribution in [3.63, 3.8) is 0 Å². The van der Waals surface area contributed by atoms with Crippen LogP contribution in [0.1, 0.15) is 0 Å². The molecule has 0 bridgehead atoms. The van der Waals surface area contributed by atoms with E-state index in [0.29, 0.717) is 8.78 Å². The molecule has 0 amide bonds. The van der Waals surface area contributed by atoms with Crippen LogP contribution in [0.2, 0.25) is 0 Å². The first-order valence-corrected chi connectivity index (χ1v) is 6.57. The number of alkyl halides is 2. The summed E-state index contributed by atoms with van der Waals surface area (Å²) in [6.07, 6.45) is -2.69. The van der Waals surface area contributed by atoms with Crippen molar-refractivity contribution in [1.29, 1.82) is 0 Å². The van der Waals surface area contributed by atoms with Gasteiger partial charge in [0.05, 0.1) is 11.4 Å². The predicted octanol–water partition coefficient (Wildman–Crippen LogP) is 2.33. The average Bonchev–Trinajstić information content (AvgIpc) is 2.16. The first kappa shape index (κ1) is 13.5. The summed E-state index contributed by atoms with van der Waals surface area (Å²) in [6.45, 7) is -0.811. The molecule has 0 spiro atoms. The lowest BCUT2D eigenvalue weighted by molar-refractivity contribution is 0.126. The van der Waals surface area contributed by atoms with E-state index in [1.54, 1.807) is 6.07 Å². The van der Waals surface area contributed by atoms with Gasteiger partial charge in [-0.3, -0.25) is 0 Å². The minimum Gasteiger partial charge on any atom is -0.209 e. The molecule has 3 nitrogen and oxygen atoms in total. The van der Waals surface area contributed by atoms with Crippen molar-refractivity contribution in [2.45, 2.75) is 11.3 Å². The highest BCUT2D eigenvalue weighted by Gasteiger charge is 2.23. The number of nitrogens with zero attached hydrogens (tertiary/aromatic N) is 1. The largest absolute Gasteiger partial charge is 0.252 e. The van der Waals surface area contributed by atoms with Crippen molar-refractivity contribution >= 4 is 26.0 Å². The molecule has 16 heavy (non-hydrogen) atoms. The molecule has 0 fully saturated rings. The zero-order chi connectivity index (χ0) is 12.3. The summed E-state index contributed by atoms with van der Waals surface area (Å²) >= 11 is 3.12. The third-order valence-corrected chi connectivity index (χ3v) is 4.21. The molecule has 0 aliphatic carbocycles. The predicted molar refractivity (Wildman–Crippen MR) is 60.0 cm³/mol. The number of halogens is 3. The van der Waals surface area contributed by atoms with Gasteiger partial charge in [-0.1, -0.05) is 22.0 Å². The van der Waals surface area contributed by atoms with Crippen LogP contribution in [0, 0.1) is 0 Å². The van der Waals surface area contributed by atoms with E-state index in [1.165, 1.54) is 18.2 Å². The van der Waals surface area contributed by atoms with Gasteiger partial charge in [-0.05, 0) is 18.2 Å².